The third-order valence-electron chi connectivity index (χ3n) is 2.94. The normalized spacial score (nSPS) is 15.4. The second kappa shape index (κ2) is 6.54. The van der Waals surface area contributed by atoms with Gasteiger partial charge in [-0.05, 0) is 25.2 Å². The lowest BCUT2D eigenvalue weighted by molar-refractivity contribution is 0.122. The summed E-state index contributed by atoms with van der Waals surface area (Å²) >= 11 is 6.40. The highest BCUT2D eigenvalue weighted by atomic mass is 32.2. The summed E-state index contributed by atoms with van der Waals surface area (Å²) in [5.41, 5.74) is 0.942. The van der Waals surface area contributed by atoms with Crippen LogP contribution in [0.25, 0.3) is 0 Å². The van der Waals surface area contributed by atoms with E-state index in [0.717, 1.165) is 29.8 Å². The lowest BCUT2D eigenvalue weighted by Crippen LogP contribution is -2.37. The van der Waals surface area contributed by atoms with Crippen molar-refractivity contribution in [1.29, 1.82) is 0 Å². The van der Waals surface area contributed by atoms with Gasteiger partial charge >= 0.3 is 0 Å². The lowest BCUT2D eigenvalue weighted by atomic mass is 10.4. The average Bonchev–Trinajstić information content (AvgIpc) is 2.91. The summed E-state index contributed by atoms with van der Waals surface area (Å²) in [6, 6.07) is 1.95. The summed E-state index contributed by atoms with van der Waals surface area (Å²) < 4.78 is 10.6. The molecule has 0 radical (unpaired) electrons. The van der Waals surface area contributed by atoms with Crippen molar-refractivity contribution in [3.63, 3.8) is 0 Å². The van der Waals surface area contributed by atoms with E-state index in [2.05, 4.69) is 25.1 Å². The molecule has 0 bridgehead atoms. The zero-order chi connectivity index (χ0) is 14.7. The molecule has 0 amide bonds. The van der Waals surface area contributed by atoms with E-state index in [1.165, 1.54) is 0 Å². The number of morpholine rings is 1. The summed E-state index contributed by atoms with van der Waals surface area (Å²) in [4.78, 5) is 11.5. The Morgan fingerprint density at radius 2 is 2.19 bits per heavy atom. The first-order chi connectivity index (χ1) is 10.2. The van der Waals surface area contributed by atoms with E-state index in [0.29, 0.717) is 29.7 Å². The molecule has 0 aliphatic carbocycles. The van der Waals surface area contributed by atoms with E-state index in [1.807, 2.05) is 13.0 Å². The molecule has 2 aromatic heterocycles. The zero-order valence-corrected chi connectivity index (χ0v) is 13.2. The van der Waals surface area contributed by atoms with Crippen molar-refractivity contribution < 1.29 is 9.15 Å². The third kappa shape index (κ3) is 3.80. The van der Waals surface area contributed by atoms with Crippen LogP contribution in [0.15, 0.2) is 15.5 Å². The monoisotopic (exact) mass is 325 g/mol. The van der Waals surface area contributed by atoms with Crippen LogP contribution in [0.4, 0.5) is 5.95 Å². The SMILES string of the molecule is Cc1cc(SCc2n[nH]c(=S)o2)nc(N2CCOCC2)n1. The molecule has 2 aromatic rings. The van der Waals surface area contributed by atoms with Crippen LogP contribution < -0.4 is 4.90 Å². The molecule has 0 unspecified atom stereocenters. The Bertz CT molecular complexity index is 666. The van der Waals surface area contributed by atoms with E-state index < -0.39 is 0 Å². The minimum absolute atomic E-state index is 0.290. The number of hydrogen-bond donors (Lipinski definition) is 1. The summed E-state index contributed by atoms with van der Waals surface area (Å²) in [7, 11) is 0. The molecule has 1 fully saturated rings. The van der Waals surface area contributed by atoms with Crippen LogP contribution >= 0.6 is 24.0 Å². The molecule has 9 heteroatoms. The van der Waals surface area contributed by atoms with Crippen LogP contribution in [-0.4, -0.2) is 46.5 Å². The highest BCUT2D eigenvalue weighted by Gasteiger charge is 2.15. The maximum atomic E-state index is 5.35. The maximum Gasteiger partial charge on any atom is 0.284 e. The molecule has 1 aliphatic heterocycles. The number of anilines is 1. The van der Waals surface area contributed by atoms with Gasteiger partial charge in [0.1, 0.15) is 5.03 Å². The first-order valence-corrected chi connectivity index (χ1v) is 7.95. The van der Waals surface area contributed by atoms with Gasteiger partial charge in [0.2, 0.25) is 11.8 Å². The quantitative estimate of drug-likeness (QED) is 0.519. The number of nitrogens with zero attached hydrogens (tertiary/aromatic N) is 4. The van der Waals surface area contributed by atoms with E-state index in [9.17, 15) is 0 Å². The molecule has 0 spiro atoms. The highest BCUT2D eigenvalue weighted by molar-refractivity contribution is 7.98. The van der Waals surface area contributed by atoms with Crippen molar-refractivity contribution >= 4 is 29.9 Å². The fourth-order valence-electron chi connectivity index (χ4n) is 1.96. The Morgan fingerprint density at radius 1 is 1.38 bits per heavy atom. The van der Waals surface area contributed by atoms with Crippen molar-refractivity contribution in [2.24, 2.45) is 0 Å². The van der Waals surface area contributed by atoms with Crippen LogP contribution in [0, 0.1) is 11.8 Å². The molecule has 21 heavy (non-hydrogen) atoms. The van der Waals surface area contributed by atoms with E-state index in [4.69, 9.17) is 21.4 Å². The molecule has 1 N–H and O–H groups in total. The number of ether oxygens (including phenoxy) is 1. The molecule has 1 aliphatic rings. The molecular weight excluding hydrogens is 310 g/mol. The molecule has 3 heterocycles. The predicted molar refractivity (Wildman–Crippen MR) is 81.0 cm³/mol. The molecule has 3 rings (SSSR count). The average molecular weight is 325 g/mol. The van der Waals surface area contributed by atoms with Gasteiger partial charge in [0.15, 0.2) is 0 Å². The fraction of sp³-hybridized carbons (Fsp3) is 0.500. The van der Waals surface area contributed by atoms with Crippen molar-refractivity contribution in [2.75, 3.05) is 31.2 Å². The minimum Gasteiger partial charge on any atom is -0.413 e. The standard InChI is InChI=1S/C12H15N5O2S2/c1-8-6-10(21-7-9-15-16-12(20)19-9)14-11(13-8)17-2-4-18-5-3-17/h6H,2-5,7H2,1H3,(H,16,20). The minimum atomic E-state index is 0.290. The number of aromatic nitrogens is 4. The number of aryl methyl sites for hydroxylation is 1. The molecule has 1 saturated heterocycles. The maximum absolute atomic E-state index is 5.35. The van der Waals surface area contributed by atoms with Crippen molar-refractivity contribution in [1.82, 2.24) is 20.2 Å². The van der Waals surface area contributed by atoms with Crippen LogP contribution in [0.2, 0.25) is 0 Å². The van der Waals surface area contributed by atoms with Crippen LogP contribution in [-0.2, 0) is 10.5 Å². The van der Waals surface area contributed by atoms with Crippen molar-refractivity contribution in [3.05, 3.63) is 22.5 Å². The second-order valence-corrected chi connectivity index (χ2v) is 5.91. The summed E-state index contributed by atoms with van der Waals surface area (Å²) in [6.45, 7) is 5.04. The number of thioether (sulfide) groups is 1. The molecular formula is C12H15N5O2S2. The molecule has 7 nitrogen and oxygen atoms in total. The number of hydrogen-bond acceptors (Lipinski definition) is 8. The van der Waals surface area contributed by atoms with Gasteiger partial charge in [-0.1, -0.05) is 11.8 Å². The second-order valence-electron chi connectivity index (χ2n) is 4.54. The highest BCUT2D eigenvalue weighted by Crippen LogP contribution is 2.23. The summed E-state index contributed by atoms with van der Waals surface area (Å²) in [5, 5.41) is 7.48. The summed E-state index contributed by atoms with van der Waals surface area (Å²) in [6.07, 6.45) is 0. The number of rotatable bonds is 4. The van der Waals surface area contributed by atoms with Gasteiger partial charge in [0, 0.05) is 18.8 Å². The van der Waals surface area contributed by atoms with Gasteiger partial charge in [-0.15, -0.1) is 5.10 Å². The Hall–Kier alpha value is -1.45. The van der Waals surface area contributed by atoms with E-state index >= 15 is 0 Å². The van der Waals surface area contributed by atoms with Crippen molar-refractivity contribution in [3.8, 4) is 0 Å². The molecule has 112 valence electrons. The van der Waals surface area contributed by atoms with Gasteiger partial charge in [0.05, 0.1) is 19.0 Å². The Morgan fingerprint density at radius 3 is 2.90 bits per heavy atom. The first-order valence-electron chi connectivity index (χ1n) is 6.56. The summed E-state index contributed by atoms with van der Waals surface area (Å²) in [5.74, 6) is 1.89. The number of nitrogens with one attached hydrogen (secondary N) is 1. The predicted octanol–water partition coefficient (Wildman–Crippen LogP) is 1.96. The molecule has 0 atom stereocenters. The Kier molecular flexibility index (Phi) is 4.51. The molecule has 0 aromatic carbocycles. The lowest BCUT2D eigenvalue weighted by Gasteiger charge is -2.27. The van der Waals surface area contributed by atoms with Crippen LogP contribution in [0.3, 0.4) is 0 Å². The number of H-pyrrole nitrogens is 1. The Balaban J connectivity index is 1.72. The van der Waals surface area contributed by atoms with Gasteiger partial charge in [-0.25, -0.2) is 15.1 Å². The fourth-order valence-corrected chi connectivity index (χ4v) is 2.90. The zero-order valence-electron chi connectivity index (χ0n) is 11.5. The number of aromatic amines is 1. The Labute approximate surface area is 131 Å². The van der Waals surface area contributed by atoms with Crippen LogP contribution in [0.5, 0.6) is 0 Å². The van der Waals surface area contributed by atoms with E-state index in [-0.39, 0.29) is 0 Å². The topological polar surface area (TPSA) is 80.1 Å². The third-order valence-corrected chi connectivity index (χ3v) is 4.01. The van der Waals surface area contributed by atoms with Crippen molar-refractivity contribution in [2.45, 2.75) is 17.7 Å². The first kappa shape index (κ1) is 14.5. The molecule has 0 saturated carbocycles. The largest absolute Gasteiger partial charge is 0.413 e. The van der Waals surface area contributed by atoms with Gasteiger partial charge in [0.25, 0.3) is 4.84 Å². The van der Waals surface area contributed by atoms with E-state index in [1.54, 1.807) is 11.8 Å². The van der Waals surface area contributed by atoms with Gasteiger partial charge < -0.3 is 14.1 Å². The van der Waals surface area contributed by atoms with Crippen LogP contribution in [0.1, 0.15) is 11.6 Å². The van der Waals surface area contributed by atoms with Gasteiger partial charge in [-0.3, -0.25) is 0 Å². The van der Waals surface area contributed by atoms with Gasteiger partial charge in [-0.2, -0.15) is 0 Å². The smallest absolute Gasteiger partial charge is 0.284 e.